The van der Waals surface area contributed by atoms with E-state index in [1.165, 1.54) is 0 Å². The van der Waals surface area contributed by atoms with Crippen LogP contribution in [0.5, 0.6) is 0 Å². The molecule has 1 atom stereocenters. The van der Waals surface area contributed by atoms with Gasteiger partial charge in [-0.15, -0.1) is 0 Å². The van der Waals surface area contributed by atoms with Gasteiger partial charge < -0.3 is 4.42 Å². The third-order valence-corrected chi connectivity index (χ3v) is 4.51. The summed E-state index contributed by atoms with van der Waals surface area (Å²) in [7, 11) is 0. The molecule has 0 radical (unpaired) electrons. The molecule has 0 amide bonds. The van der Waals surface area contributed by atoms with Crippen molar-refractivity contribution in [1.29, 1.82) is 0 Å². The lowest BCUT2D eigenvalue weighted by molar-refractivity contribution is 0.463. The van der Waals surface area contributed by atoms with E-state index in [9.17, 15) is 0 Å². The van der Waals surface area contributed by atoms with Crippen molar-refractivity contribution in [1.82, 2.24) is 5.43 Å². The highest BCUT2D eigenvalue weighted by Crippen LogP contribution is 2.28. The standard InChI is InChI=1S/C15H22N2OS/c1-10(2)8-19-9-13(17-16)14-7-12-6-4-5-11(3)15(12)18-14/h4-7,10,13,17H,8-9,16H2,1-3H3. The molecule has 3 N–H and O–H groups in total. The van der Waals surface area contributed by atoms with Crippen molar-refractivity contribution in [3.63, 3.8) is 0 Å². The first-order chi connectivity index (χ1) is 9.11. The highest BCUT2D eigenvalue weighted by atomic mass is 32.2. The molecular weight excluding hydrogens is 256 g/mol. The zero-order valence-electron chi connectivity index (χ0n) is 11.8. The number of hydrazine groups is 1. The Balaban J connectivity index is 2.14. The van der Waals surface area contributed by atoms with Gasteiger partial charge in [0.2, 0.25) is 0 Å². The van der Waals surface area contributed by atoms with Crippen molar-refractivity contribution in [3.05, 3.63) is 35.6 Å². The van der Waals surface area contributed by atoms with Gasteiger partial charge in [0.25, 0.3) is 0 Å². The van der Waals surface area contributed by atoms with Crippen molar-refractivity contribution in [2.45, 2.75) is 26.8 Å². The Morgan fingerprint density at radius 1 is 1.32 bits per heavy atom. The molecule has 0 spiro atoms. The van der Waals surface area contributed by atoms with Gasteiger partial charge in [-0.1, -0.05) is 32.0 Å². The maximum absolute atomic E-state index is 5.95. The molecule has 1 aromatic heterocycles. The van der Waals surface area contributed by atoms with Gasteiger partial charge >= 0.3 is 0 Å². The molecule has 0 aliphatic heterocycles. The van der Waals surface area contributed by atoms with Crippen LogP contribution >= 0.6 is 11.8 Å². The van der Waals surface area contributed by atoms with Crippen molar-refractivity contribution in [3.8, 4) is 0 Å². The molecule has 0 fully saturated rings. The Morgan fingerprint density at radius 2 is 2.11 bits per heavy atom. The highest BCUT2D eigenvalue weighted by Gasteiger charge is 2.16. The molecule has 3 nitrogen and oxygen atoms in total. The van der Waals surface area contributed by atoms with Gasteiger partial charge in [0.1, 0.15) is 11.3 Å². The van der Waals surface area contributed by atoms with Crippen molar-refractivity contribution < 1.29 is 4.42 Å². The number of nitrogens with two attached hydrogens (primary N) is 1. The summed E-state index contributed by atoms with van der Waals surface area (Å²) in [5.41, 5.74) is 4.98. The first-order valence-electron chi connectivity index (χ1n) is 6.64. The Hall–Kier alpha value is -0.970. The highest BCUT2D eigenvalue weighted by molar-refractivity contribution is 7.99. The Kier molecular flexibility index (Phi) is 4.91. The number of hydrogen-bond donors (Lipinski definition) is 2. The number of nitrogens with one attached hydrogen (secondary N) is 1. The van der Waals surface area contributed by atoms with E-state index in [0.29, 0.717) is 5.92 Å². The normalized spacial score (nSPS) is 13.3. The number of aryl methyl sites for hydroxylation is 1. The summed E-state index contributed by atoms with van der Waals surface area (Å²) < 4.78 is 5.95. The molecule has 0 saturated carbocycles. The van der Waals surface area contributed by atoms with Gasteiger partial charge in [0, 0.05) is 11.1 Å². The molecule has 0 bridgehead atoms. The van der Waals surface area contributed by atoms with E-state index >= 15 is 0 Å². The molecule has 2 aromatic rings. The third kappa shape index (κ3) is 3.53. The molecule has 0 saturated heterocycles. The zero-order chi connectivity index (χ0) is 13.8. The maximum atomic E-state index is 5.95. The summed E-state index contributed by atoms with van der Waals surface area (Å²) in [6.07, 6.45) is 0. The molecule has 0 aliphatic carbocycles. The molecule has 104 valence electrons. The Labute approximate surface area is 118 Å². The van der Waals surface area contributed by atoms with Gasteiger partial charge in [0.05, 0.1) is 6.04 Å². The average molecular weight is 278 g/mol. The van der Waals surface area contributed by atoms with Crippen molar-refractivity contribution >= 4 is 22.7 Å². The third-order valence-electron chi connectivity index (χ3n) is 3.04. The van der Waals surface area contributed by atoms with Crippen LogP contribution < -0.4 is 11.3 Å². The molecule has 4 heteroatoms. The first-order valence-corrected chi connectivity index (χ1v) is 7.80. The predicted molar refractivity (Wildman–Crippen MR) is 83.2 cm³/mol. The largest absolute Gasteiger partial charge is 0.459 e. The van der Waals surface area contributed by atoms with E-state index in [1.807, 2.05) is 11.8 Å². The van der Waals surface area contributed by atoms with Crippen LogP contribution in [0.25, 0.3) is 11.0 Å². The summed E-state index contributed by atoms with van der Waals surface area (Å²) in [6, 6.07) is 8.34. The fourth-order valence-corrected chi connectivity index (χ4v) is 3.14. The lowest BCUT2D eigenvalue weighted by Gasteiger charge is -2.13. The average Bonchev–Trinajstić information content (AvgIpc) is 2.79. The summed E-state index contributed by atoms with van der Waals surface area (Å²) in [6.45, 7) is 6.51. The van der Waals surface area contributed by atoms with Gasteiger partial charge in [-0.3, -0.25) is 5.84 Å². The zero-order valence-corrected chi connectivity index (χ0v) is 12.6. The quantitative estimate of drug-likeness (QED) is 0.626. The number of benzene rings is 1. The van der Waals surface area contributed by atoms with Crippen molar-refractivity contribution in [2.75, 3.05) is 11.5 Å². The number of fused-ring (bicyclic) bond motifs is 1. The van der Waals surface area contributed by atoms with Crippen LogP contribution in [0, 0.1) is 12.8 Å². The fourth-order valence-electron chi connectivity index (χ4n) is 2.03. The molecule has 2 rings (SSSR count). The lowest BCUT2D eigenvalue weighted by Crippen LogP contribution is -2.29. The van der Waals surface area contributed by atoms with Crippen LogP contribution in [0.15, 0.2) is 28.7 Å². The number of para-hydroxylation sites is 1. The van der Waals surface area contributed by atoms with Gasteiger partial charge in [-0.25, -0.2) is 5.43 Å². The molecule has 1 aromatic carbocycles. The van der Waals surface area contributed by atoms with Crippen LogP contribution in [-0.4, -0.2) is 11.5 Å². The van der Waals surface area contributed by atoms with E-state index in [4.69, 9.17) is 10.3 Å². The number of hydrogen-bond acceptors (Lipinski definition) is 4. The second-order valence-electron chi connectivity index (χ2n) is 5.29. The predicted octanol–water partition coefficient (Wildman–Crippen LogP) is 3.63. The summed E-state index contributed by atoms with van der Waals surface area (Å²) in [4.78, 5) is 0. The minimum Gasteiger partial charge on any atom is -0.459 e. The fraction of sp³-hybridized carbons (Fsp3) is 0.467. The van der Waals surface area contributed by atoms with E-state index in [1.54, 1.807) is 0 Å². The minimum atomic E-state index is 0.0653. The smallest absolute Gasteiger partial charge is 0.137 e. The summed E-state index contributed by atoms with van der Waals surface area (Å²) in [5.74, 6) is 9.33. The van der Waals surface area contributed by atoms with Crippen molar-refractivity contribution in [2.24, 2.45) is 11.8 Å². The second-order valence-corrected chi connectivity index (χ2v) is 6.37. The van der Waals surface area contributed by atoms with Crippen LogP contribution in [0.2, 0.25) is 0 Å². The van der Waals surface area contributed by atoms with Crippen LogP contribution in [-0.2, 0) is 0 Å². The van der Waals surface area contributed by atoms with E-state index in [2.05, 4.69) is 50.5 Å². The van der Waals surface area contributed by atoms with E-state index < -0.39 is 0 Å². The topological polar surface area (TPSA) is 51.2 Å². The number of thioether (sulfide) groups is 1. The second kappa shape index (κ2) is 6.46. The van der Waals surface area contributed by atoms with Gasteiger partial charge in [-0.05, 0) is 30.2 Å². The Bertz CT molecular complexity index is 536. The molecular formula is C15H22N2OS. The SMILES string of the molecule is Cc1cccc2cc(C(CSCC(C)C)NN)oc12. The van der Waals surface area contributed by atoms with E-state index in [-0.39, 0.29) is 6.04 Å². The molecule has 1 unspecified atom stereocenters. The van der Waals surface area contributed by atoms with Crippen LogP contribution in [0.1, 0.15) is 31.2 Å². The molecule has 19 heavy (non-hydrogen) atoms. The maximum Gasteiger partial charge on any atom is 0.137 e. The van der Waals surface area contributed by atoms with Gasteiger partial charge in [-0.2, -0.15) is 11.8 Å². The summed E-state index contributed by atoms with van der Waals surface area (Å²) >= 11 is 1.90. The molecule has 0 aliphatic rings. The lowest BCUT2D eigenvalue weighted by atomic mass is 10.1. The number of rotatable bonds is 6. The van der Waals surface area contributed by atoms with Crippen LogP contribution in [0.3, 0.4) is 0 Å². The van der Waals surface area contributed by atoms with E-state index in [0.717, 1.165) is 33.8 Å². The monoisotopic (exact) mass is 278 g/mol. The number of furan rings is 1. The first kappa shape index (κ1) is 14.4. The minimum absolute atomic E-state index is 0.0653. The van der Waals surface area contributed by atoms with Gasteiger partial charge in [0.15, 0.2) is 0 Å². The van der Waals surface area contributed by atoms with Crippen LogP contribution in [0.4, 0.5) is 0 Å². The summed E-state index contributed by atoms with van der Waals surface area (Å²) in [5, 5.41) is 1.14. The molecule has 1 heterocycles. The Morgan fingerprint density at radius 3 is 2.74 bits per heavy atom.